The van der Waals surface area contributed by atoms with Gasteiger partial charge in [0.2, 0.25) is 0 Å². The number of aldehydes is 1. The van der Waals surface area contributed by atoms with E-state index in [0.717, 1.165) is 38.9 Å². The second-order valence-corrected chi connectivity index (χ2v) is 4.48. The maximum Gasteiger partial charge on any atom is 0.124 e. The van der Waals surface area contributed by atoms with E-state index in [2.05, 4.69) is 10.6 Å². The summed E-state index contributed by atoms with van der Waals surface area (Å²) in [5, 5.41) is 6.76. The van der Waals surface area contributed by atoms with Gasteiger partial charge < -0.3 is 15.4 Å². The zero-order valence-corrected chi connectivity index (χ0v) is 10.0. The first kappa shape index (κ1) is 12.7. The van der Waals surface area contributed by atoms with Crippen molar-refractivity contribution in [2.45, 2.75) is 33.1 Å². The summed E-state index contributed by atoms with van der Waals surface area (Å²) in [7, 11) is 0. The second-order valence-electron chi connectivity index (χ2n) is 4.48. The maximum atomic E-state index is 10.7. The van der Waals surface area contributed by atoms with Gasteiger partial charge in [-0.2, -0.15) is 0 Å². The molecule has 2 fully saturated rings. The van der Waals surface area contributed by atoms with Crippen molar-refractivity contribution in [2.24, 2.45) is 11.3 Å². The third-order valence-electron chi connectivity index (χ3n) is 3.46. The highest BCUT2D eigenvalue weighted by molar-refractivity contribution is 5.54. The molecule has 2 aliphatic heterocycles. The van der Waals surface area contributed by atoms with E-state index >= 15 is 0 Å². The monoisotopic (exact) mass is 212 g/mol. The van der Waals surface area contributed by atoms with Crippen molar-refractivity contribution >= 4 is 6.29 Å². The largest absolute Gasteiger partial charge is 0.317 e. The van der Waals surface area contributed by atoms with E-state index in [-0.39, 0.29) is 5.92 Å². The van der Waals surface area contributed by atoms with Crippen LogP contribution in [0.15, 0.2) is 0 Å². The first-order valence-electron chi connectivity index (χ1n) is 6.21. The van der Waals surface area contributed by atoms with Gasteiger partial charge in [0.25, 0.3) is 0 Å². The molecule has 3 heteroatoms. The average Bonchev–Trinajstić information content (AvgIpc) is 2.33. The lowest BCUT2D eigenvalue weighted by molar-refractivity contribution is -0.113. The van der Waals surface area contributed by atoms with Crippen molar-refractivity contribution < 1.29 is 4.79 Å². The first-order valence-corrected chi connectivity index (χ1v) is 6.21. The Hall–Kier alpha value is -0.410. The van der Waals surface area contributed by atoms with E-state index < -0.39 is 0 Å². The highest BCUT2D eigenvalue weighted by Crippen LogP contribution is 2.36. The van der Waals surface area contributed by atoms with E-state index in [1.165, 1.54) is 12.8 Å². The Kier molecular flexibility index (Phi) is 5.26. The summed E-state index contributed by atoms with van der Waals surface area (Å²) in [5.74, 6) is 0.256. The van der Waals surface area contributed by atoms with E-state index in [1.54, 1.807) is 0 Å². The molecule has 88 valence electrons. The molecule has 0 radical (unpaired) electrons. The number of rotatable bonds is 1. The number of nitrogens with one attached hydrogen (secondary N) is 2. The van der Waals surface area contributed by atoms with Crippen molar-refractivity contribution in [3.05, 3.63) is 0 Å². The lowest BCUT2D eigenvalue weighted by atomic mass is 9.70. The summed E-state index contributed by atoms with van der Waals surface area (Å²) >= 11 is 0. The van der Waals surface area contributed by atoms with E-state index in [1.807, 2.05) is 13.8 Å². The van der Waals surface area contributed by atoms with Gasteiger partial charge >= 0.3 is 0 Å². The maximum absolute atomic E-state index is 10.7. The topological polar surface area (TPSA) is 41.1 Å². The van der Waals surface area contributed by atoms with Crippen LogP contribution in [0.4, 0.5) is 0 Å². The molecule has 0 aromatic rings. The van der Waals surface area contributed by atoms with E-state index in [4.69, 9.17) is 0 Å². The molecule has 2 saturated heterocycles. The van der Waals surface area contributed by atoms with Crippen LogP contribution in [-0.2, 0) is 4.79 Å². The van der Waals surface area contributed by atoms with E-state index in [0.29, 0.717) is 5.41 Å². The molecule has 2 heterocycles. The predicted molar refractivity (Wildman–Crippen MR) is 62.9 cm³/mol. The Labute approximate surface area is 93.0 Å². The molecule has 1 unspecified atom stereocenters. The molecule has 1 atom stereocenters. The fourth-order valence-corrected chi connectivity index (χ4v) is 2.66. The minimum atomic E-state index is 0.256. The van der Waals surface area contributed by atoms with Gasteiger partial charge in [0.05, 0.1) is 0 Å². The predicted octanol–water partition coefficient (Wildman–Crippen LogP) is 1.19. The first-order chi connectivity index (χ1) is 7.35. The van der Waals surface area contributed by atoms with Crippen molar-refractivity contribution in [1.82, 2.24) is 10.6 Å². The Morgan fingerprint density at radius 2 is 1.87 bits per heavy atom. The molecule has 3 nitrogen and oxygen atoms in total. The average molecular weight is 212 g/mol. The molecule has 15 heavy (non-hydrogen) atoms. The van der Waals surface area contributed by atoms with Crippen LogP contribution in [0.3, 0.4) is 0 Å². The summed E-state index contributed by atoms with van der Waals surface area (Å²) in [5.41, 5.74) is 0.426. The van der Waals surface area contributed by atoms with Gasteiger partial charge in [0.1, 0.15) is 6.29 Å². The molecule has 1 spiro atoms. The van der Waals surface area contributed by atoms with Gasteiger partial charge in [-0.15, -0.1) is 0 Å². The fraction of sp³-hybridized carbons (Fsp3) is 0.917. The molecule has 0 aromatic heterocycles. The summed E-state index contributed by atoms with van der Waals surface area (Å²) in [4.78, 5) is 10.7. The SMILES string of the molecule is CC.O=CC1CNCC2(CCNCC2)C1. The van der Waals surface area contributed by atoms with Crippen molar-refractivity contribution in [3.63, 3.8) is 0 Å². The number of hydrogen-bond acceptors (Lipinski definition) is 3. The quantitative estimate of drug-likeness (QED) is 0.642. The van der Waals surface area contributed by atoms with Gasteiger partial charge in [0.15, 0.2) is 0 Å². The lowest BCUT2D eigenvalue weighted by Crippen LogP contribution is -2.49. The van der Waals surface area contributed by atoms with Crippen LogP contribution in [0.2, 0.25) is 0 Å². The zero-order chi connectivity index (χ0) is 11.1. The molecule has 2 aliphatic rings. The van der Waals surface area contributed by atoms with Gasteiger partial charge in [-0.3, -0.25) is 0 Å². The van der Waals surface area contributed by atoms with Gasteiger partial charge in [-0.05, 0) is 37.8 Å². The van der Waals surface area contributed by atoms with Crippen molar-refractivity contribution in [1.29, 1.82) is 0 Å². The van der Waals surface area contributed by atoms with Crippen LogP contribution >= 0.6 is 0 Å². The van der Waals surface area contributed by atoms with Gasteiger partial charge in [-0.1, -0.05) is 13.8 Å². The van der Waals surface area contributed by atoms with Crippen LogP contribution in [0.5, 0.6) is 0 Å². The summed E-state index contributed by atoms with van der Waals surface area (Å²) < 4.78 is 0. The van der Waals surface area contributed by atoms with Gasteiger partial charge in [-0.25, -0.2) is 0 Å². The lowest BCUT2D eigenvalue weighted by Gasteiger charge is -2.43. The molecule has 0 amide bonds. The minimum absolute atomic E-state index is 0.256. The molecule has 2 N–H and O–H groups in total. The molecule has 0 aromatic carbocycles. The Morgan fingerprint density at radius 1 is 1.20 bits per heavy atom. The molecule has 0 saturated carbocycles. The van der Waals surface area contributed by atoms with Crippen LogP contribution in [0, 0.1) is 11.3 Å². The third-order valence-corrected chi connectivity index (χ3v) is 3.46. The second kappa shape index (κ2) is 6.23. The standard InChI is InChI=1S/C10H18N2O.C2H6/c13-7-9-5-10(8-12-6-9)1-3-11-4-2-10;1-2/h7,9,11-12H,1-6,8H2;1-2H3. The highest BCUT2D eigenvalue weighted by atomic mass is 16.1. The molecular formula is C12H24N2O. The number of hydrogen-bond donors (Lipinski definition) is 2. The zero-order valence-electron chi connectivity index (χ0n) is 10.0. The minimum Gasteiger partial charge on any atom is -0.317 e. The van der Waals surface area contributed by atoms with Crippen LogP contribution in [-0.4, -0.2) is 32.5 Å². The number of piperidine rings is 2. The van der Waals surface area contributed by atoms with Crippen LogP contribution < -0.4 is 10.6 Å². The molecule has 0 aliphatic carbocycles. The molecular weight excluding hydrogens is 188 g/mol. The number of carbonyl (C=O) groups excluding carboxylic acids is 1. The normalized spacial score (nSPS) is 29.1. The Morgan fingerprint density at radius 3 is 2.47 bits per heavy atom. The van der Waals surface area contributed by atoms with Crippen molar-refractivity contribution in [2.75, 3.05) is 26.2 Å². The third kappa shape index (κ3) is 3.28. The summed E-state index contributed by atoms with van der Waals surface area (Å²) in [6.07, 6.45) is 4.68. The number of carbonyl (C=O) groups is 1. The van der Waals surface area contributed by atoms with Crippen LogP contribution in [0.25, 0.3) is 0 Å². The Bertz CT molecular complexity index is 183. The summed E-state index contributed by atoms with van der Waals surface area (Å²) in [6, 6.07) is 0. The molecule has 2 rings (SSSR count). The highest BCUT2D eigenvalue weighted by Gasteiger charge is 2.36. The Balaban J connectivity index is 0.000000531. The van der Waals surface area contributed by atoms with Crippen molar-refractivity contribution in [3.8, 4) is 0 Å². The van der Waals surface area contributed by atoms with Gasteiger partial charge in [0, 0.05) is 19.0 Å². The van der Waals surface area contributed by atoms with E-state index in [9.17, 15) is 4.79 Å². The smallest absolute Gasteiger partial charge is 0.124 e. The van der Waals surface area contributed by atoms with Crippen LogP contribution in [0.1, 0.15) is 33.1 Å². The summed E-state index contributed by atoms with van der Waals surface area (Å²) in [6.45, 7) is 8.23. The fourth-order valence-electron chi connectivity index (χ4n) is 2.66. The molecule has 0 bridgehead atoms.